The number of carbonyl (C=O) groups is 4. The molecule has 11 heteroatoms. The molecule has 1 aliphatic heterocycles. The topological polar surface area (TPSA) is 122 Å². The summed E-state index contributed by atoms with van der Waals surface area (Å²) in [4.78, 5) is 51.5. The van der Waals surface area contributed by atoms with Gasteiger partial charge in [0, 0.05) is 36.6 Å². The third kappa shape index (κ3) is 7.77. The van der Waals surface area contributed by atoms with Gasteiger partial charge in [0.25, 0.3) is 11.8 Å². The summed E-state index contributed by atoms with van der Waals surface area (Å²) >= 11 is 5.84. The third-order valence-electron chi connectivity index (χ3n) is 6.13. The van der Waals surface area contributed by atoms with Crippen molar-refractivity contribution >= 4 is 41.0 Å². The van der Waals surface area contributed by atoms with Crippen molar-refractivity contribution in [2.24, 2.45) is 0 Å². The van der Waals surface area contributed by atoms with Gasteiger partial charge in [-0.2, -0.15) is 0 Å². The van der Waals surface area contributed by atoms with Crippen LogP contribution in [0.1, 0.15) is 50.3 Å². The molecule has 1 saturated heterocycles. The van der Waals surface area contributed by atoms with E-state index in [1.54, 1.807) is 39.0 Å². The quantitative estimate of drug-likeness (QED) is 0.355. The van der Waals surface area contributed by atoms with E-state index in [4.69, 9.17) is 21.1 Å². The van der Waals surface area contributed by atoms with Crippen LogP contribution in [0.15, 0.2) is 36.4 Å². The van der Waals surface area contributed by atoms with Crippen LogP contribution in [0.5, 0.6) is 0 Å². The van der Waals surface area contributed by atoms with Gasteiger partial charge in [0.2, 0.25) is 5.60 Å². The average Bonchev–Trinajstić information content (AvgIpc) is 3.15. The Bertz CT molecular complexity index is 1260. The van der Waals surface area contributed by atoms with Crippen LogP contribution < -0.4 is 10.2 Å². The average molecular weight is 563 g/mol. The molecule has 2 N–H and O–H groups in total. The Morgan fingerprint density at radius 2 is 1.85 bits per heavy atom. The van der Waals surface area contributed by atoms with Crippen LogP contribution in [-0.2, 0) is 48.0 Å². The highest BCUT2D eigenvalue weighted by molar-refractivity contribution is 6.30. The highest BCUT2D eigenvalue weighted by Crippen LogP contribution is 2.31. The second kappa shape index (κ2) is 12.1. The fraction of sp³-hybridized carbons (Fsp3) is 0.429. The molecule has 1 atom stereocenters. The molecule has 1 aliphatic rings. The molecule has 0 aliphatic carbocycles. The molecule has 0 bridgehead atoms. The van der Waals surface area contributed by atoms with Crippen molar-refractivity contribution in [1.82, 2.24) is 5.32 Å². The minimum Gasteiger partial charge on any atom is -0.469 e. The number of amides is 2. The number of methoxy groups -OCH3 is 1. The van der Waals surface area contributed by atoms with Gasteiger partial charge in [0.1, 0.15) is 11.4 Å². The zero-order valence-corrected chi connectivity index (χ0v) is 23.1. The number of nitrogens with one attached hydrogen (secondary N) is 1. The van der Waals surface area contributed by atoms with E-state index < -0.39 is 40.8 Å². The molecule has 2 amide bonds. The molecule has 9 nitrogen and oxygen atoms in total. The summed E-state index contributed by atoms with van der Waals surface area (Å²) in [6.07, 6.45) is 0.0739. The minimum absolute atomic E-state index is 0.0432. The number of benzene rings is 2. The van der Waals surface area contributed by atoms with Crippen LogP contribution in [0.4, 0.5) is 10.1 Å². The van der Waals surface area contributed by atoms with E-state index in [1.165, 1.54) is 24.1 Å². The third-order valence-corrected chi connectivity index (χ3v) is 6.35. The van der Waals surface area contributed by atoms with Crippen LogP contribution in [0.3, 0.4) is 0 Å². The van der Waals surface area contributed by atoms with Gasteiger partial charge < -0.3 is 24.8 Å². The number of aliphatic hydroxyl groups is 1. The fourth-order valence-electron chi connectivity index (χ4n) is 4.26. The molecule has 1 heterocycles. The maximum atomic E-state index is 13.6. The first kappa shape index (κ1) is 30.0. The molecule has 0 aromatic heterocycles. The largest absolute Gasteiger partial charge is 0.469 e. The second-order valence-corrected chi connectivity index (χ2v) is 10.8. The molecular weight excluding hydrogens is 531 g/mol. The molecule has 0 saturated carbocycles. The van der Waals surface area contributed by atoms with Gasteiger partial charge in [0.15, 0.2) is 0 Å². The van der Waals surface area contributed by atoms with Crippen LogP contribution >= 0.6 is 11.6 Å². The lowest BCUT2D eigenvalue weighted by molar-refractivity contribution is -0.154. The molecule has 2 aromatic carbocycles. The van der Waals surface area contributed by atoms with Gasteiger partial charge in [-0.1, -0.05) is 17.7 Å². The number of ether oxygens (including phenoxy) is 2. The number of anilines is 1. The van der Waals surface area contributed by atoms with Gasteiger partial charge in [0.05, 0.1) is 13.5 Å². The van der Waals surface area contributed by atoms with Gasteiger partial charge >= 0.3 is 11.9 Å². The van der Waals surface area contributed by atoms with Gasteiger partial charge in [-0.25, -0.2) is 4.39 Å². The van der Waals surface area contributed by atoms with E-state index in [9.17, 15) is 28.7 Å². The highest BCUT2D eigenvalue weighted by Gasteiger charge is 2.51. The van der Waals surface area contributed by atoms with Crippen molar-refractivity contribution < 1.29 is 38.1 Å². The van der Waals surface area contributed by atoms with Crippen molar-refractivity contribution in [3.8, 4) is 0 Å². The van der Waals surface area contributed by atoms with Crippen molar-refractivity contribution in [3.05, 3.63) is 63.9 Å². The van der Waals surface area contributed by atoms with Gasteiger partial charge in [-0.3, -0.25) is 19.2 Å². The SMILES string of the molecule is COC(=O)CCc1cc(N2CCC(O)(C(=O)NCc3cc(F)cc(Cl)c3)C2=O)ccc1CC(=O)OC(C)(C)C. The van der Waals surface area contributed by atoms with Crippen molar-refractivity contribution in [3.63, 3.8) is 0 Å². The number of rotatable bonds is 9. The summed E-state index contributed by atoms with van der Waals surface area (Å²) in [5, 5.41) is 13.6. The van der Waals surface area contributed by atoms with E-state index in [0.29, 0.717) is 22.4 Å². The summed E-state index contributed by atoms with van der Waals surface area (Å²) in [7, 11) is 1.28. The molecule has 2 aromatic rings. The predicted molar refractivity (Wildman–Crippen MR) is 142 cm³/mol. The Hall–Kier alpha value is -3.50. The van der Waals surface area contributed by atoms with Crippen LogP contribution in [0.2, 0.25) is 5.02 Å². The predicted octanol–water partition coefficient (Wildman–Crippen LogP) is 3.25. The first-order chi connectivity index (χ1) is 18.2. The van der Waals surface area contributed by atoms with E-state index in [2.05, 4.69) is 5.32 Å². The second-order valence-electron chi connectivity index (χ2n) is 10.3. The Kier molecular flexibility index (Phi) is 9.34. The Balaban J connectivity index is 1.78. The summed E-state index contributed by atoms with van der Waals surface area (Å²) in [5.74, 6) is -3.20. The lowest BCUT2D eigenvalue weighted by Crippen LogP contribution is -2.52. The first-order valence-electron chi connectivity index (χ1n) is 12.4. The Morgan fingerprint density at radius 3 is 2.49 bits per heavy atom. The number of carbonyl (C=O) groups excluding carboxylic acids is 4. The number of hydrogen-bond acceptors (Lipinski definition) is 7. The van der Waals surface area contributed by atoms with E-state index in [0.717, 1.165) is 6.07 Å². The zero-order valence-electron chi connectivity index (χ0n) is 22.3. The van der Waals surface area contributed by atoms with Crippen LogP contribution in [0.25, 0.3) is 0 Å². The lowest BCUT2D eigenvalue weighted by Gasteiger charge is -2.23. The molecule has 39 heavy (non-hydrogen) atoms. The highest BCUT2D eigenvalue weighted by atomic mass is 35.5. The van der Waals surface area contributed by atoms with Gasteiger partial charge in [-0.05, 0) is 74.2 Å². The minimum atomic E-state index is -2.32. The fourth-order valence-corrected chi connectivity index (χ4v) is 4.51. The number of hydrogen-bond donors (Lipinski definition) is 2. The Labute approximate surface area is 231 Å². The van der Waals surface area contributed by atoms with Gasteiger partial charge in [-0.15, -0.1) is 0 Å². The Morgan fingerprint density at radius 1 is 1.13 bits per heavy atom. The van der Waals surface area contributed by atoms with Crippen molar-refractivity contribution in [2.75, 3.05) is 18.6 Å². The molecule has 1 unspecified atom stereocenters. The standard InChI is InChI=1S/C28H32ClFN2O7/c1-27(2,3)39-24(34)14-19-5-7-22(13-18(19)6-8-23(33)38-4)32-10-9-28(37,26(32)36)25(35)31-16-17-11-20(29)15-21(30)12-17/h5,7,11-13,15,37H,6,8-10,14,16H2,1-4H3,(H,31,35). The number of nitrogens with zero attached hydrogens (tertiary/aromatic N) is 1. The molecule has 210 valence electrons. The zero-order chi connectivity index (χ0) is 29.0. The molecule has 3 rings (SSSR count). The van der Waals surface area contributed by atoms with Crippen LogP contribution in [0, 0.1) is 5.82 Å². The van der Waals surface area contributed by atoms with E-state index >= 15 is 0 Å². The van der Waals surface area contributed by atoms with Crippen molar-refractivity contribution in [1.29, 1.82) is 0 Å². The summed E-state index contributed by atoms with van der Waals surface area (Å²) in [5.41, 5.74) is -0.983. The number of esters is 2. The van der Waals surface area contributed by atoms with Crippen LogP contribution in [-0.4, -0.2) is 53.7 Å². The van der Waals surface area contributed by atoms with E-state index in [1.807, 2.05) is 0 Å². The van der Waals surface area contributed by atoms with Crippen molar-refractivity contribution in [2.45, 2.75) is 64.2 Å². The lowest BCUT2D eigenvalue weighted by atomic mass is 9.98. The molecular formula is C28H32ClFN2O7. The maximum Gasteiger partial charge on any atom is 0.310 e. The summed E-state index contributed by atoms with van der Waals surface area (Å²) in [6.45, 7) is 5.19. The summed E-state index contributed by atoms with van der Waals surface area (Å²) in [6, 6.07) is 8.69. The molecule has 0 radical (unpaired) electrons. The molecule has 0 spiro atoms. The maximum absolute atomic E-state index is 13.6. The smallest absolute Gasteiger partial charge is 0.310 e. The summed E-state index contributed by atoms with van der Waals surface area (Å²) < 4.78 is 23.7. The van der Waals surface area contributed by atoms with E-state index in [-0.39, 0.29) is 43.8 Å². The number of halogens is 2. The molecule has 1 fully saturated rings. The monoisotopic (exact) mass is 562 g/mol. The number of aryl methyl sites for hydroxylation is 1. The normalized spacial score (nSPS) is 17.2. The first-order valence-corrected chi connectivity index (χ1v) is 12.8.